The summed E-state index contributed by atoms with van der Waals surface area (Å²) in [5.41, 5.74) is 12.7. The molecule has 2 atom stereocenters. The molecule has 0 amide bonds. The number of nitrogens with two attached hydrogens (primary N) is 1. The van der Waals surface area contributed by atoms with Crippen LogP contribution >= 0.6 is 0 Å². The highest BCUT2D eigenvalue weighted by Crippen LogP contribution is 2.43. The monoisotopic (exact) mass is 276 g/mol. The molecular formula is C19H20N2. The van der Waals surface area contributed by atoms with Crippen LogP contribution in [0.15, 0.2) is 48.5 Å². The first-order chi connectivity index (χ1) is 10.4. The second kappa shape index (κ2) is 5.14. The Kier molecular flexibility index (Phi) is 3.13. The average Bonchev–Trinajstić information content (AvgIpc) is 2.78. The largest absolute Gasteiger partial charge is 0.330 e. The molecule has 2 bridgehead atoms. The first-order valence-corrected chi connectivity index (χ1v) is 7.74. The molecule has 2 aliphatic heterocycles. The lowest BCUT2D eigenvalue weighted by molar-refractivity contribution is 0.496. The van der Waals surface area contributed by atoms with Crippen molar-refractivity contribution in [2.45, 2.75) is 24.9 Å². The van der Waals surface area contributed by atoms with Crippen molar-refractivity contribution < 1.29 is 0 Å². The van der Waals surface area contributed by atoms with Crippen LogP contribution in [0.3, 0.4) is 0 Å². The molecule has 5 rings (SSSR count). The zero-order chi connectivity index (χ0) is 14.2. The van der Waals surface area contributed by atoms with Crippen molar-refractivity contribution in [1.29, 1.82) is 0 Å². The van der Waals surface area contributed by atoms with Gasteiger partial charge in [-0.15, -0.1) is 0 Å². The predicted molar refractivity (Wildman–Crippen MR) is 87.8 cm³/mol. The zero-order valence-corrected chi connectivity index (χ0v) is 12.0. The fourth-order valence-corrected chi connectivity index (χ4v) is 3.65. The molecule has 3 N–H and O–H groups in total. The summed E-state index contributed by atoms with van der Waals surface area (Å²) in [5.74, 6) is 0. The van der Waals surface area contributed by atoms with Crippen molar-refractivity contribution in [3.63, 3.8) is 0 Å². The molecule has 2 heterocycles. The van der Waals surface area contributed by atoms with Crippen molar-refractivity contribution in [3.8, 4) is 0 Å². The minimum atomic E-state index is 0.294. The van der Waals surface area contributed by atoms with Crippen LogP contribution in [0.1, 0.15) is 41.1 Å². The fraction of sp³-hybridized carbons (Fsp3) is 0.263. The third-order valence-electron chi connectivity index (χ3n) is 4.64. The molecule has 0 spiro atoms. The van der Waals surface area contributed by atoms with Gasteiger partial charge in [0.25, 0.3) is 0 Å². The van der Waals surface area contributed by atoms with Gasteiger partial charge in [-0.2, -0.15) is 0 Å². The number of fused-ring (bicyclic) bond motifs is 1. The van der Waals surface area contributed by atoms with E-state index in [1.165, 1.54) is 27.8 Å². The van der Waals surface area contributed by atoms with E-state index in [2.05, 4.69) is 59.9 Å². The van der Waals surface area contributed by atoms with Gasteiger partial charge in [-0.25, -0.2) is 0 Å². The molecule has 0 aromatic heterocycles. The zero-order valence-electron chi connectivity index (χ0n) is 12.0. The number of nitrogens with one attached hydrogen (secondary N) is 1. The van der Waals surface area contributed by atoms with Crippen LogP contribution in [0.5, 0.6) is 0 Å². The van der Waals surface area contributed by atoms with Crippen LogP contribution in [0, 0.1) is 0 Å². The summed E-state index contributed by atoms with van der Waals surface area (Å²) < 4.78 is 0. The smallest absolute Gasteiger partial charge is 0.0593 e. The molecule has 21 heavy (non-hydrogen) atoms. The Labute approximate surface area is 125 Å². The van der Waals surface area contributed by atoms with Gasteiger partial charge in [-0.05, 0) is 53.3 Å². The first kappa shape index (κ1) is 12.8. The van der Waals surface area contributed by atoms with E-state index in [1.807, 2.05) is 0 Å². The summed E-state index contributed by atoms with van der Waals surface area (Å²) >= 11 is 0. The number of benzene rings is 2. The van der Waals surface area contributed by atoms with Gasteiger partial charge in [0.1, 0.15) is 0 Å². The second-order valence-electron chi connectivity index (χ2n) is 5.90. The van der Waals surface area contributed by atoms with E-state index in [9.17, 15) is 0 Å². The van der Waals surface area contributed by atoms with Crippen LogP contribution in [0.2, 0.25) is 0 Å². The molecule has 2 heteroatoms. The Morgan fingerprint density at radius 1 is 0.952 bits per heavy atom. The number of rotatable bonds is 3. The van der Waals surface area contributed by atoms with E-state index < -0.39 is 0 Å². The molecule has 2 nitrogen and oxygen atoms in total. The van der Waals surface area contributed by atoms with Crippen LogP contribution in [0.25, 0.3) is 11.6 Å². The third-order valence-corrected chi connectivity index (χ3v) is 4.64. The molecule has 1 aliphatic carbocycles. The topological polar surface area (TPSA) is 38.0 Å². The maximum atomic E-state index is 5.71. The maximum Gasteiger partial charge on any atom is 0.0593 e. The minimum absolute atomic E-state index is 0.294. The highest BCUT2D eigenvalue weighted by molar-refractivity contribution is 5.90. The van der Waals surface area contributed by atoms with Gasteiger partial charge in [0.2, 0.25) is 0 Å². The lowest BCUT2D eigenvalue weighted by Gasteiger charge is -2.34. The maximum absolute atomic E-state index is 5.71. The van der Waals surface area contributed by atoms with E-state index in [-0.39, 0.29) is 0 Å². The molecule has 2 aromatic carbocycles. The van der Waals surface area contributed by atoms with Gasteiger partial charge >= 0.3 is 0 Å². The Morgan fingerprint density at radius 3 is 2.57 bits per heavy atom. The summed E-state index contributed by atoms with van der Waals surface area (Å²) in [6.07, 6.45) is 4.52. The average molecular weight is 276 g/mol. The van der Waals surface area contributed by atoms with Crippen LogP contribution < -0.4 is 11.1 Å². The van der Waals surface area contributed by atoms with Gasteiger partial charge in [0, 0.05) is 6.04 Å². The Bertz CT molecular complexity index is 702. The lowest BCUT2D eigenvalue weighted by Crippen LogP contribution is -2.38. The van der Waals surface area contributed by atoms with Gasteiger partial charge in [0.15, 0.2) is 0 Å². The van der Waals surface area contributed by atoms with Crippen molar-refractivity contribution in [3.05, 3.63) is 70.8 Å². The molecule has 106 valence electrons. The minimum Gasteiger partial charge on any atom is -0.330 e. The number of hydrogen-bond acceptors (Lipinski definition) is 2. The summed E-state index contributed by atoms with van der Waals surface area (Å²) in [5, 5.41) is 3.84. The van der Waals surface area contributed by atoms with Crippen LogP contribution in [-0.2, 0) is 0 Å². The second-order valence-corrected chi connectivity index (χ2v) is 5.90. The molecule has 2 aromatic rings. The lowest BCUT2D eigenvalue weighted by atomic mass is 9.84. The highest BCUT2D eigenvalue weighted by atomic mass is 15.0. The SMILES string of the molecule is NCCCC1NC2c3ccccc3C=C1c1ccccc12. The van der Waals surface area contributed by atoms with Crippen molar-refractivity contribution in [2.75, 3.05) is 6.54 Å². The van der Waals surface area contributed by atoms with E-state index in [1.54, 1.807) is 0 Å². The molecule has 3 aliphatic rings. The summed E-state index contributed by atoms with van der Waals surface area (Å²) in [4.78, 5) is 0. The van der Waals surface area contributed by atoms with E-state index in [0.29, 0.717) is 12.1 Å². The standard InChI is InChI=1S/C19H20N2/c20-11-5-10-18-17-12-13-6-1-2-7-14(13)19(21-18)16-9-4-3-8-15(16)17/h1-4,6-9,12,18-19,21H,5,10-11,20H2. The highest BCUT2D eigenvalue weighted by Gasteiger charge is 2.33. The van der Waals surface area contributed by atoms with Crippen LogP contribution in [0.4, 0.5) is 0 Å². The van der Waals surface area contributed by atoms with E-state index in [0.717, 1.165) is 19.4 Å². The molecule has 0 radical (unpaired) electrons. The van der Waals surface area contributed by atoms with E-state index >= 15 is 0 Å². The predicted octanol–water partition coefficient (Wildman–Crippen LogP) is 3.34. The van der Waals surface area contributed by atoms with Crippen molar-refractivity contribution >= 4 is 11.6 Å². The normalized spacial score (nSPS) is 22.2. The van der Waals surface area contributed by atoms with Gasteiger partial charge < -0.3 is 5.73 Å². The quantitative estimate of drug-likeness (QED) is 0.902. The van der Waals surface area contributed by atoms with E-state index in [4.69, 9.17) is 5.73 Å². The van der Waals surface area contributed by atoms with Crippen molar-refractivity contribution in [2.24, 2.45) is 5.73 Å². The van der Waals surface area contributed by atoms with Gasteiger partial charge in [-0.1, -0.05) is 48.5 Å². The molecule has 0 saturated heterocycles. The molecule has 0 saturated carbocycles. The Hall–Kier alpha value is -1.90. The fourth-order valence-electron chi connectivity index (χ4n) is 3.65. The number of hydrogen-bond donors (Lipinski definition) is 2. The third kappa shape index (κ3) is 2.03. The Morgan fingerprint density at radius 2 is 1.71 bits per heavy atom. The van der Waals surface area contributed by atoms with Crippen LogP contribution in [-0.4, -0.2) is 12.6 Å². The Balaban J connectivity index is 1.89. The molecule has 2 unspecified atom stereocenters. The van der Waals surface area contributed by atoms with Crippen molar-refractivity contribution in [1.82, 2.24) is 5.32 Å². The van der Waals surface area contributed by atoms with Gasteiger partial charge in [-0.3, -0.25) is 5.32 Å². The molecular weight excluding hydrogens is 256 g/mol. The first-order valence-electron chi connectivity index (χ1n) is 7.74. The molecule has 0 fully saturated rings. The summed E-state index contributed by atoms with van der Waals surface area (Å²) in [6.45, 7) is 0.755. The summed E-state index contributed by atoms with van der Waals surface area (Å²) in [7, 11) is 0. The summed E-state index contributed by atoms with van der Waals surface area (Å²) in [6, 6.07) is 18.2. The van der Waals surface area contributed by atoms with Gasteiger partial charge in [0.05, 0.1) is 6.04 Å².